The van der Waals surface area contributed by atoms with Crippen LogP contribution in [0, 0.1) is 10.1 Å². The molecule has 0 heterocycles. The number of aliphatic hydroxyl groups excluding tert-OH is 2. The summed E-state index contributed by atoms with van der Waals surface area (Å²) < 4.78 is 10.3. The lowest BCUT2D eigenvalue weighted by Gasteiger charge is -2.34. The van der Waals surface area contributed by atoms with Crippen molar-refractivity contribution in [3.63, 3.8) is 0 Å². The molecule has 0 amide bonds. The zero-order chi connectivity index (χ0) is 17.0. The smallest absolute Gasteiger partial charge is 0.342 e. The minimum Gasteiger partial charge on any atom is -0.467 e. The number of nitro groups is 1. The van der Waals surface area contributed by atoms with Gasteiger partial charge in [0.15, 0.2) is 5.60 Å². The molecule has 1 aliphatic carbocycles. The molecule has 8 heteroatoms. The molecular weight excluding hydrogens is 306 g/mol. The molecule has 0 aromatic heterocycles. The van der Waals surface area contributed by atoms with Crippen LogP contribution in [0.2, 0.25) is 0 Å². The van der Waals surface area contributed by atoms with E-state index in [1.807, 2.05) is 0 Å². The van der Waals surface area contributed by atoms with Gasteiger partial charge in [0.25, 0.3) is 5.69 Å². The van der Waals surface area contributed by atoms with Crippen molar-refractivity contribution < 1.29 is 29.4 Å². The molecule has 0 fully saturated rings. The van der Waals surface area contributed by atoms with Crippen molar-refractivity contribution in [1.29, 1.82) is 0 Å². The predicted molar refractivity (Wildman–Crippen MR) is 78.4 cm³/mol. The van der Waals surface area contributed by atoms with Gasteiger partial charge in [-0.25, -0.2) is 4.79 Å². The first kappa shape index (κ1) is 17.1. The predicted octanol–water partition coefficient (Wildman–Crippen LogP) is 0.705. The van der Waals surface area contributed by atoms with Crippen molar-refractivity contribution in [2.24, 2.45) is 0 Å². The van der Waals surface area contributed by atoms with Gasteiger partial charge in [0, 0.05) is 18.6 Å². The highest BCUT2D eigenvalue weighted by atomic mass is 16.6. The number of hydrogen-bond acceptors (Lipinski definition) is 7. The highest BCUT2D eigenvalue weighted by Crippen LogP contribution is 2.29. The van der Waals surface area contributed by atoms with Gasteiger partial charge in [-0.05, 0) is 23.8 Å². The Kier molecular flexibility index (Phi) is 5.09. The average Bonchev–Trinajstić information content (AvgIpc) is 2.55. The van der Waals surface area contributed by atoms with Crippen LogP contribution < -0.4 is 0 Å². The molecule has 8 nitrogen and oxygen atoms in total. The van der Waals surface area contributed by atoms with Gasteiger partial charge in [-0.15, -0.1) is 0 Å². The molecule has 0 aliphatic heterocycles. The summed E-state index contributed by atoms with van der Waals surface area (Å²) in [6.07, 6.45) is 0.263. The van der Waals surface area contributed by atoms with E-state index in [2.05, 4.69) is 0 Å². The molecule has 2 N–H and O–H groups in total. The van der Waals surface area contributed by atoms with Crippen molar-refractivity contribution >= 4 is 11.7 Å². The summed E-state index contributed by atoms with van der Waals surface area (Å²) in [6.45, 7) is -0.0136. The Morgan fingerprint density at radius 1 is 1.39 bits per heavy atom. The third-order valence-corrected chi connectivity index (χ3v) is 3.64. The zero-order valence-electron chi connectivity index (χ0n) is 12.4. The van der Waals surface area contributed by atoms with Gasteiger partial charge in [0.1, 0.15) is 0 Å². The summed E-state index contributed by atoms with van der Waals surface area (Å²) >= 11 is 0. The number of nitrogens with zero attached hydrogens (tertiary/aromatic N) is 1. The Bertz CT molecular complexity index is 613. The van der Waals surface area contributed by atoms with E-state index in [1.54, 1.807) is 0 Å². The van der Waals surface area contributed by atoms with Gasteiger partial charge < -0.3 is 19.7 Å². The van der Waals surface area contributed by atoms with Crippen LogP contribution in [0.5, 0.6) is 0 Å². The van der Waals surface area contributed by atoms with Gasteiger partial charge >= 0.3 is 5.97 Å². The maximum atomic E-state index is 12.0. The minimum absolute atomic E-state index is 0.0136. The SMILES string of the molecule is COC(=O)[C@]1(OCc2ccc([N+](=O)[O-])cc2)C=C[C@@H](O)[C@H](O)C1. The molecule has 0 spiro atoms. The summed E-state index contributed by atoms with van der Waals surface area (Å²) in [6, 6.07) is 5.69. The monoisotopic (exact) mass is 323 g/mol. The number of esters is 1. The second-order valence-electron chi connectivity index (χ2n) is 5.21. The highest BCUT2D eigenvalue weighted by molar-refractivity contribution is 5.82. The number of methoxy groups -OCH3 is 1. The largest absolute Gasteiger partial charge is 0.467 e. The summed E-state index contributed by atoms with van der Waals surface area (Å²) in [5.41, 5.74) is -0.935. The molecule has 0 radical (unpaired) electrons. The third kappa shape index (κ3) is 3.73. The average molecular weight is 323 g/mol. The third-order valence-electron chi connectivity index (χ3n) is 3.64. The van der Waals surface area contributed by atoms with E-state index in [-0.39, 0.29) is 18.7 Å². The normalized spacial score (nSPS) is 26.7. The molecule has 23 heavy (non-hydrogen) atoms. The Morgan fingerprint density at radius 3 is 2.57 bits per heavy atom. The van der Waals surface area contributed by atoms with Gasteiger partial charge in [-0.2, -0.15) is 0 Å². The van der Waals surface area contributed by atoms with E-state index in [9.17, 15) is 25.1 Å². The van der Waals surface area contributed by atoms with Crippen LogP contribution in [-0.2, 0) is 20.9 Å². The summed E-state index contributed by atoms with van der Waals surface area (Å²) in [7, 11) is 1.20. The van der Waals surface area contributed by atoms with Gasteiger partial charge in [0.05, 0.1) is 30.8 Å². The van der Waals surface area contributed by atoms with Crippen molar-refractivity contribution in [3.05, 3.63) is 52.1 Å². The van der Waals surface area contributed by atoms with E-state index in [4.69, 9.17) is 9.47 Å². The highest BCUT2D eigenvalue weighted by Gasteiger charge is 2.44. The van der Waals surface area contributed by atoms with Crippen LogP contribution in [0.15, 0.2) is 36.4 Å². The topological polar surface area (TPSA) is 119 Å². The molecule has 124 valence electrons. The van der Waals surface area contributed by atoms with E-state index < -0.39 is 28.7 Å². The Labute approximate surface area is 132 Å². The molecule has 1 aromatic carbocycles. The fraction of sp³-hybridized carbons (Fsp3) is 0.400. The lowest BCUT2D eigenvalue weighted by molar-refractivity contribution is -0.384. The van der Waals surface area contributed by atoms with Crippen LogP contribution in [0.1, 0.15) is 12.0 Å². The van der Waals surface area contributed by atoms with Crippen LogP contribution >= 0.6 is 0 Å². The first-order valence-electron chi connectivity index (χ1n) is 6.89. The number of non-ortho nitro benzene ring substituents is 1. The fourth-order valence-electron chi connectivity index (χ4n) is 2.30. The first-order valence-corrected chi connectivity index (χ1v) is 6.89. The molecule has 0 saturated carbocycles. The number of benzene rings is 1. The number of aliphatic hydroxyl groups is 2. The quantitative estimate of drug-likeness (QED) is 0.354. The van der Waals surface area contributed by atoms with Crippen LogP contribution in [0.4, 0.5) is 5.69 Å². The van der Waals surface area contributed by atoms with Gasteiger partial charge in [-0.3, -0.25) is 10.1 Å². The second-order valence-corrected chi connectivity index (χ2v) is 5.21. The van der Waals surface area contributed by atoms with E-state index in [1.165, 1.54) is 43.5 Å². The van der Waals surface area contributed by atoms with Crippen molar-refractivity contribution in [2.75, 3.05) is 7.11 Å². The first-order chi connectivity index (χ1) is 10.9. The fourth-order valence-corrected chi connectivity index (χ4v) is 2.30. The maximum absolute atomic E-state index is 12.0. The Morgan fingerprint density at radius 2 is 2.04 bits per heavy atom. The number of ether oxygens (including phenoxy) is 2. The Hall–Kier alpha value is -2.29. The molecule has 0 unspecified atom stereocenters. The van der Waals surface area contributed by atoms with E-state index in [0.29, 0.717) is 5.56 Å². The minimum atomic E-state index is -1.50. The van der Waals surface area contributed by atoms with Crippen LogP contribution in [-0.4, -0.2) is 46.0 Å². The lowest BCUT2D eigenvalue weighted by Crippen LogP contribution is -2.48. The van der Waals surface area contributed by atoms with Crippen molar-refractivity contribution in [3.8, 4) is 0 Å². The zero-order valence-corrected chi connectivity index (χ0v) is 12.4. The van der Waals surface area contributed by atoms with E-state index in [0.717, 1.165) is 0 Å². The van der Waals surface area contributed by atoms with Gasteiger partial charge in [0.2, 0.25) is 0 Å². The molecular formula is C15H17NO7. The van der Waals surface area contributed by atoms with Crippen LogP contribution in [0.25, 0.3) is 0 Å². The number of hydrogen-bond donors (Lipinski definition) is 2. The summed E-state index contributed by atoms with van der Waals surface area (Å²) in [5, 5.41) is 29.9. The van der Waals surface area contributed by atoms with Crippen molar-refractivity contribution in [1.82, 2.24) is 0 Å². The number of nitro benzene ring substituents is 1. The van der Waals surface area contributed by atoms with Crippen molar-refractivity contribution in [2.45, 2.75) is 30.8 Å². The Balaban J connectivity index is 2.15. The van der Waals surface area contributed by atoms with E-state index >= 15 is 0 Å². The molecule has 0 saturated heterocycles. The summed E-state index contributed by atoms with van der Waals surface area (Å²) in [5.74, 6) is -0.693. The number of rotatable bonds is 5. The molecule has 0 bridgehead atoms. The molecule has 2 rings (SSSR count). The molecule has 1 aromatic rings. The number of carbonyl (C=O) groups excluding carboxylic acids is 1. The second kappa shape index (κ2) is 6.86. The maximum Gasteiger partial charge on any atom is 0.342 e. The molecule has 1 aliphatic rings. The standard InChI is InChI=1S/C15H17NO7/c1-22-14(19)15(7-6-12(17)13(18)8-15)23-9-10-2-4-11(5-3-10)16(20)21/h2-7,12-13,17-18H,8-9H2,1H3/t12-,13-,15+/m1/s1. The summed E-state index contributed by atoms with van der Waals surface area (Å²) in [4.78, 5) is 22.1. The molecule has 3 atom stereocenters. The van der Waals surface area contributed by atoms with Crippen LogP contribution in [0.3, 0.4) is 0 Å². The number of carbonyl (C=O) groups is 1. The van der Waals surface area contributed by atoms with Gasteiger partial charge in [-0.1, -0.05) is 6.08 Å². The lowest BCUT2D eigenvalue weighted by atomic mass is 9.87.